The van der Waals surface area contributed by atoms with Gasteiger partial charge < -0.3 is 14.8 Å². The molecule has 0 saturated heterocycles. The molecule has 2 heterocycles. The van der Waals surface area contributed by atoms with Crippen LogP contribution in [0.25, 0.3) is 12.2 Å². The Morgan fingerprint density at radius 2 is 1.96 bits per heavy atom. The predicted octanol–water partition coefficient (Wildman–Crippen LogP) is 0.365. The van der Waals surface area contributed by atoms with Gasteiger partial charge in [-0.1, -0.05) is 18.0 Å². The molecule has 0 spiro atoms. The van der Waals surface area contributed by atoms with Crippen molar-refractivity contribution in [2.24, 2.45) is 19.8 Å². The Morgan fingerprint density at radius 3 is 2.65 bits per heavy atom. The number of rotatable bonds is 3. The number of aryl methyl sites for hydroxylation is 1. The second-order valence-corrected chi connectivity index (χ2v) is 5.99. The number of hydrogen-bond donors (Lipinski definition) is 1. The molecule has 0 radical (unpaired) electrons. The lowest BCUT2D eigenvalue weighted by atomic mass is 9.99. The third-order valence-electron chi connectivity index (χ3n) is 4.26. The van der Waals surface area contributed by atoms with Crippen molar-refractivity contribution < 1.29 is 4.52 Å². The van der Waals surface area contributed by atoms with Gasteiger partial charge in [-0.2, -0.15) is 4.98 Å². The minimum Gasteiger partial charge on any atom is -0.335 e. The summed E-state index contributed by atoms with van der Waals surface area (Å²) in [4.78, 5) is 28.0. The minimum absolute atomic E-state index is 0.285. The van der Waals surface area contributed by atoms with E-state index in [-0.39, 0.29) is 17.1 Å². The van der Waals surface area contributed by atoms with Gasteiger partial charge in [0.05, 0.1) is 11.1 Å². The van der Waals surface area contributed by atoms with E-state index in [0.29, 0.717) is 11.4 Å². The van der Waals surface area contributed by atoms with E-state index in [2.05, 4.69) is 10.1 Å². The number of nitrogens with zero attached hydrogens (tertiary/aromatic N) is 4. The van der Waals surface area contributed by atoms with Crippen molar-refractivity contribution in [1.29, 1.82) is 0 Å². The first kappa shape index (κ1) is 15.4. The van der Waals surface area contributed by atoms with Crippen molar-refractivity contribution in [3.63, 3.8) is 0 Å². The fourth-order valence-electron chi connectivity index (χ4n) is 2.85. The summed E-state index contributed by atoms with van der Waals surface area (Å²) in [6.07, 6.45) is 8.38. The van der Waals surface area contributed by atoms with Crippen LogP contribution in [0.4, 0.5) is 0 Å². The normalized spacial score (nSPS) is 17.2. The molecule has 23 heavy (non-hydrogen) atoms. The molecule has 1 saturated carbocycles. The second-order valence-electron chi connectivity index (χ2n) is 5.99. The van der Waals surface area contributed by atoms with Crippen molar-refractivity contribution in [2.75, 3.05) is 0 Å². The molecule has 1 aliphatic carbocycles. The van der Waals surface area contributed by atoms with Crippen LogP contribution in [-0.2, 0) is 19.6 Å². The Kier molecular flexibility index (Phi) is 3.77. The molecule has 0 unspecified atom stereocenters. The van der Waals surface area contributed by atoms with Crippen LogP contribution >= 0.6 is 0 Å². The first-order valence-electron chi connectivity index (χ1n) is 7.48. The molecule has 2 aromatic rings. The quantitative estimate of drug-likeness (QED) is 0.875. The van der Waals surface area contributed by atoms with Gasteiger partial charge in [0, 0.05) is 26.4 Å². The summed E-state index contributed by atoms with van der Waals surface area (Å²) in [6, 6.07) is 0. The largest absolute Gasteiger partial charge is 0.335 e. The zero-order chi connectivity index (χ0) is 16.6. The van der Waals surface area contributed by atoms with Crippen LogP contribution in [0.3, 0.4) is 0 Å². The molecule has 0 aliphatic heterocycles. The lowest BCUT2D eigenvalue weighted by Crippen LogP contribution is -2.37. The monoisotopic (exact) mass is 317 g/mol. The Labute approximate surface area is 132 Å². The van der Waals surface area contributed by atoms with Gasteiger partial charge in [0.2, 0.25) is 0 Å². The van der Waals surface area contributed by atoms with Gasteiger partial charge in [0.15, 0.2) is 5.82 Å². The van der Waals surface area contributed by atoms with E-state index in [1.165, 1.54) is 17.8 Å². The zero-order valence-electron chi connectivity index (χ0n) is 13.2. The van der Waals surface area contributed by atoms with Gasteiger partial charge in [-0.25, -0.2) is 4.79 Å². The van der Waals surface area contributed by atoms with Crippen molar-refractivity contribution in [3.05, 3.63) is 44.3 Å². The summed E-state index contributed by atoms with van der Waals surface area (Å²) >= 11 is 0. The Bertz CT molecular complexity index is 868. The van der Waals surface area contributed by atoms with Crippen LogP contribution < -0.4 is 17.0 Å². The molecule has 2 aromatic heterocycles. The van der Waals surface area contributed by atoms with Crippen LogP contribution in [0.1, 0.15) is 43.0 Å². The predicted molar refractivity (Wildman–Crippen MR) is 84.5 cm³/mol. The number of hydrogen-bond acceptors (Lipinski definition) is 6. The van der Waals surface area contributed by atoms with E-state index in [9.17, 15) is 9.59 Å². The third kappa shape index (κ3) is 2.77. The van der Waals surface area contributed by atoms with Crippen LogP contribution in [0.2, 0.25) is 0 Å². The fourth-order valence-corrected chi connectivity index (χ4v) is 2.85. The number of aromatic nitrogens is 4. The molecular weight excluding hydrogens is 298 g/mol. The van der Waals surface area contributed by atoms with Gasteiger partial charge >= 0.3 is 5.69 Å². The van der Waals surface area contributed by atoms with Gasteiger partial charge in [-0.3, -0.25) is 9.36 Å². The smallest absolute Gasteiger partial charge is 0.330 e. The van der Waals surface area contributed by atoms with Crippen LogP contribution in [0, 0.1) is 0 Å². The summed E-state index contributed by atoms with van der Waals surface area (Å²) < 4.78 is 7.57. The van der Waals surface area contributed by atoms with Crippen LogP contribution in [0.5, 0.6) is 0 Å². The molecule has 8 nitrogen and oxygen atoms in total. The Balaban J connectivity index is 1.89. The SMILES string of the molecule is Cn1cc(/C=C/c2nc(C3(N)CCCC3)no2)c(=O)n(C)c1=O. The van der Waals surface area contributed by atoms with E-state index in [1.807, 2.05) is 0 Å². The van der Waals surface area contributed by atoms with E-state index in [0.717, 1.165) is 30.3 Å². The van der Waals surface area contributed by atoms with E-state index in [1.54, 1.807) is 19.2 Å². The Hall–Kier alpha value is -2.48. The average molecular weight is 317 g/mol. The highest BCUT2D eigenvalue weighted by Gasteiger charge is 2.35. The molecular formula is C15H19N5O3. The maximum atomic E-state index is 12.0. The maximum Gasteiger partial charge on any atom is 0.330 e. The van der Waals surface area contributed by atoms with Gasteiger partial charge in [-0.05, 0) is 18.9 Å². The highest BCUT2D eigenvalue weighted by atomic mass is 16.5. The fraction of sp³-hybridized carbons (Fsp3) is 0.467. The molecule has 1 aliphatic rings. The highest BCUT2D eigenvalue weighted by molar-refractivity contribution is 5.64. The van der Waals surface area contributed by atoms with Crippen LogP contribution in [0.15, 0.2) is 20.3 Å². The standard InChI is InChI=1S/C15H19N5O3/c1-19-9-10(12(21)20(2)14(19)22)5-6-11-17-13(18-23-11)15(16)7-3-4-8-15/h5-6,9H,3-4,7-8,16H2,1-2H3/b6-5+. The van der Waals surface area contributed by atoms with E-state index in [4.69, 9.17) is 10.3 Å². The first-order valence-corrected chi connectivity index (χ1v) is 7.48. The van der Waals surface area contributed by atoms with Crippen molar-refractivity contribution in [3.8, 4) is 0 Å². The molecule has 3 rings (SSSR count). The first-order chi connectivity index (χ1) is 10.9. The summed E-state index contributed by atoms with van der Waals surface area (Å²) in [5.74, 6) is 0.788. The third-order valence-corrected chi connectivity index (χ3v) is 4.26. The molecule has 122 valence electrons. The molecule has 2 N–H and O–H groups in total. The summed E-state index contributed by atoms with van der Waals surface area (Å²) in [5, 5.41) is 3.95. The average Bonchev–Trinajstić information content (AvgIpc) is 3.17. The molecule has 0 amide bonds. The summed E-state index contributed by atoms with van der Waals surface area (Å²) in [6.45, 7) is 0. The number of nitrogens with two attached hydrogens (primary N) is 1. The minimum atomic E-state index is -0.512. The maximum absolute atomic E-state index is 12.0. The van der Waals surface area contributed by atoms with Gasteiger partial charge in [-0.15, -0.1) is 0 Å². The van der Waals surface area contributed by atoms with Gasteiger partial charge in [0.1, 0.15) is 0 Å². The highest BCUT2D eigenvalue weighted by Crippen LogP contribution is 2.34. The summed E-state index contributed by atoms with van der Waals surface area (Å²) in [5.41, 5.74) is 5.37. The van der Waals surface area contributed by atoms with Crippen molar-refractivity contribution in [1.82, 2.24) is 19.3 Å². The lowest BCUT2D eigenvalue weighted by molar-refractivity contribution is 0.364. The van der Waals surface area contributed by atoms with E-state index < -0.39 is 5.54 Å². The van der Waals surface area contributed by atoms with Crippen molar-refractivity contribution in [2.45, 2.75) is 31.2 Å². The second kappa shape index (κ2) is 5.62. The van der Waals surface area contributed by atoms with E-state index >= 15 is 0 Å². The molecule has 8 heteroatoms. The lowest BCUT2D eigenvalue weighted by Gasteiger charge is -2.17. The molecule has 0 aromatic carbocycles. The molecule has 0 bridgehead atoms. The topological polar surface area (TPSA) is 109 Å². The molecule has 0 atom stereocenters. The molecule has 1 fully saturated rings. The van der Waals surface area contributed by atoms with Crippen molar-refractivity contribution >= 4 is 12.2 Å². The summed E-state index contributed by atoms with van der Waals surface area (Å²) in [7, 11) is 3.02. The zero-order valence-corrected chi connectivity index (χ0v) is 13.2. The Morgan fingerprint density at radius 1 is 1.26 bits per heavy atom. The van der Waals surface area contributed by atoms with Crippen LogP contribution in [-0.4, -0.2) is 19.3 Å². The van der Waals surface area contributed by atoms with Gasteiger partial charge in [0.25, 0.3) is 11.4 Å².